The maximum Gasteiger partial charge on any atom is 0.240 e. The number of aromatic nitrogens is 1. The summed E-state index contributed by atoms with van der Waals surface area (Å²) in [5.74, 6) is 0. The van der Waals surface area contributed by atoms with Crippen molar-refractivity contribution in [1.82, 2.24) is 9.71 Å². The first-order valence-corrected chi connectivity index (χ1v) is 8.64. The third kappa shape index (κ3) is 3.02. The molecule has 2 N–H and O–H groups in total. The Labute approximate surface area is 131 Å². The molecule has 0 aliphatic rings. The molecule has 0 unspecified atom stereocenters. The quantitative estimate of drug-likeness (QED) is 0.744. The molecule has 108 valence electrons. The average molecular weight is 365 g/mol. The van der Waals surface area contributed by atoms with Gasteiger partial charge >= 0.3 is 0 Å². The van der Waals surface area contributed by atoms with Gasteiger partial charge in [0.2, 0.25) is 10.0 Å². The zero-order valence-electron chi connectivity index (χ0n) is 11.0. The van der Waals surface area contributed by atoms with Crippen molar-refractivity contribution in [3.8, 4) is 0 Å². The van der Waals surface area contributed by atoms with Gasteiger partial charge in [-0.05, 0) is 29.8 Å². The normalized spacial score (nSPS) is 11.9. The Morgan fingerprint density at radius 3 is 2.71 bits per heavy atom. The van der Waals surface area contributed by atoms with Crippen molar-refractivity contribution in [3.63, 3.8) is 0 Å². The summed E-state index contributed by atoms with van der Waals surface area (Å²) < 4.78 is 27.9. The molecule has 2 aromatic carbocycles. The van der Waals surface area contributed by atoms with E-state index >= 15 is 0 Å². The van der Waals surface area contributed by atoms with Gasteiger partial charge in [0.1, 0.15) is 0 Å². The summed E-state index contributed by atoms with van der Waals surface area (Å²) in [6.07, 6.45) is 1.83. The molecule has 0 radical (unpaired) electrons. The Balaban J connectivity index is 1.84. The molecule has 0 amide bonds. The molecular weight excluding hydrogens is 352 g/mol. The van der Waals surface area contributed by atoms with Crippen LogP contribution in [-0.4, -0.2) is 13.4 Å². The van der Waals surface area contributed by atoms with Gasteiger partial charge in [-0.15, -0.1) is 0 Å². The molecule has 0 saturated heterocycles. The fraction of sp³-hybridized carbons (Fsp3) is 0.0667. The van der Waals surface area contributed by atoms with Crippen molar-refractivity contribution in [1.29, 1.82) is 0 Å². The molecule has 4 nitrogen and oxygen atoms in total. The maximum absolute atomic E-state index is 12.3. The molecule has 0 bridgehead atoms. The summed E-state index contributed by atoms with van der Waals surface area (Å²) in [5, 5.41) is 1.02. The first-order chi connectivity index (χ1) is 10.1. The summed E-state index contributed by atoms with van der Waals surface area (Å²) in [6, 6.07) is 14.4. The van der Waals surface area contributed by atoms with Crippen LogP contribution in [-0.2, 0) is 16.6 Å². The fourth-order valence-corrected chi connectivity index (χ4v) is 3.77. The van der Waals surface area contributed by atoms with Crippen molar-refractivity contribution in [3.05, 3.63) is 64.8 Å². The average Bonchev–Trinajstić information content (AvgIpc) is 2.88. The molecule has 1 heterocycles. The van der Waals surface area contributed by atoms with Crippen molar-refractivity contribution in [2.45, 2.75) is 11.4 Å². The number of aromatic amines is 1. The van der Waals surface area contributed by atoms with Crippen LogP contribution in [0.4, 0.5) is 0 Å². The molecule has 1 aromatic heterocycles. The number of benzene rings is 2. The van der Waals surface area contributed by atoms with Crippen LogP contribution in [0.1, 0.15) is 5.56 Å². The molecule has 0 aliphatic carbocycles. The Bertz CT molecular complexity index is 887. The number of halogens is 1. The Kier molecular flexibility index (Phi) is 3.84. The van der Waals surface area contributed by atoms with Crippen molar-refractivity contribution in [2.24, 2.45) is 0 Å². The van der Waals surface area contributed by atoms with Crippen molar-refractivity contribution >= 4 is 36.9 Å². The Morgan fingerprint density at radius 2 is 1.90 bits per heavy atom. The second-order valence-corrected chi connectivity index (χ2v) is 7.32. The fourth-order valence-electron chi connectivity index (χ4n) is 2.17. The number of hydrogen-bond donors (Lipinski definition) is 2. The molecule has 0 spiro atoms. The highest BCUT2D eigenvalue weighted by Crippen LogP contribution is 2.19. The highest BCUT2D eigenvalue weighted by molar-refractivity contribution is 9.10. The van der Waals surface area contributed by atoms with Crippen LogP contribution in [0.15, 0.2) is 64.1 Å². The van der Waals surface area contributed by atoms with Gasteiger partial charge in [0.05, 0.1) is 4.90 Å². The Hall–Kier alpha value is -1.63. The van der Waals surface area contributed by atoms with E-state index in [0.29, 0.717) is 0 Å². The lowest BCUT2D eigenvalue weighted by Crippen LogP contribution is -2.23. The molecule has 0 saturated carbocycles. The van der Waals surface area contributed by atoms with Crippen LogP contribution < -0.4 is 4.72 Å². The van der Waals surface area contributed by atoms with Gasteiger partial charge in [-0.25, -0.2) is 13.1 Å². The monoisotopic (exact) mass is 364 g/mol. The summed E-state index contributed by atoms with van der Waals surface area (Å²) >= 11 is 3.28. The number of H-pyrrole nitrogens is 1. The highest BCUT2D eigenvalue weighted by Gasteiger charge is 2.14. The van der Waals surface area contributed by atoms with E-state index in [1.165, 1.54) is 0 Å². The lowest BCUT2D eigenvalue weighted by Gasteiger charge is -2.06. The smallest absolute Gasteiger partial charge is 0.240 e. The summed E-state index contributed by atoms with van der Waals surface area (Å²) in [6.45, 7) is 0.249. The molecule has 0 atom stereocenters. The molecule has 6 heteroatoms. The molecular formula is C15H13BrN2O2S. The van der Waals surface area contributed by atoms with Gasteiger partial charge in [-0.1, -0.05) is 40.2 Å². The lowest BCUT2D eigenvalue weighted by atomic mass is 10.2. The SMILES string of the molecule is O=S(=O)(NCc1c[nH]c2ccccc12)c1cccc(Br)c1. The maximum atomic E-state index is 12.3. The van der Waals surface area contributed by atoms with E-state index in [1.54, 1.807) is 24.3 Å². The summed E-state index contributed by atoms with van der Waals surface area (Å²) in [5.41, 5.74) is 1.92. The van der Waals surface area contributed by atoms with E-state index in [9.17, 15) is 8.42 Å². The number of para-hydroxylation sites is 1. The standard InChI is InChI=1S/C15H13BrN2O2S/c16-12-4-3-5-13(8-12)21(19,20)18-10-11-9-17-15-7-2-1-6-14(11)15/h1-9,17-18H,10H2. The highest BCUT2D eigenvalue weighted by atomic mass is 79.9. The third-order valence-corrected chi connectivity index (χ3v) is 5.13. The van der Waals surface area contributed by atoms with E-state index < -0.39 is 10.0 Å². The van der Waals surface area contributed by atoms with Gasteiger partial charge in [0.15, 0.2) is 0 Å². The first kappa shape index (κ1) is 14.3. The topological polar surface area (TPSA) is 62.0 Å². The number of sulfonamides is 1. The predicted molar refractivity (Wildman–Crippen MR) is 86.5 cm³/mol. The van der Waals surface area contributed by atoms with Crippen LogP contribution in [0.2, 0.25) is 0 Å². The first-order valence-electron chi connectivity index (χ1n) is 6.36. The summed E-state index contributed by atoms with van der Waals surface area (Å²) in [7, 11) is -3.52. The molecule has 0 fully saturated rings. The largest absolute Gasteiger partial charge is 0.361 e. The minimum atomic E-state index is -3.52. The summed E-state index contributed by atoms with van der Waals surface area (Å²) in [4.78, 5) is 3.38. The van der Waals surface area contributed by atoms with Gasteiger partial charge in [-0.2, -0.15) is 0 Å². The predicted octanol–water partition coefficient (Wildman–Crippen LogP) is 3.41. The van der Waals surface area contributed by atoms with Crippen LogP contribution in [0.25, 0.3) is 10.9 Å². The van der Waals surface area contributed by atoms with Crippen molar-refractivity contribution < 1.29 is 8.42 Å². The number of nitrogens with one attached hydrogen (secondary N) is 2. The van der Waals surface area contributed by atoms with E-state index in [-0.39, 0.29) is 11.4 Å². The van der Waals surface area contributed by atoms with Gasteiger partial charge in [0, 0.05) is 28.1 Å². The number of hydrogen-bond acceptors (Lipinski definition) is 2. The van der Waals surface area contributed by atoms with Crippen LogP contribution in [0, 0.1) is 0 Å². The van der Waals surface area contributed by atoms with Crippen molar-refractivity contribution in [2.75, 3.05) is 0 Å². The minimum absolute atomic E-state index is 0.247. The lowest BCUT2D eigenvalue weighted by molar-refractivity contribution is 0.581. The zero-order chi connectivity index (χ0) is 14.9. The van der Waals surface area contributed by atoms with E-state index in [1.807, 2.05) is 30.5 Å². The second-order valence-electron chi connectivity index (χ2n) is 4.64. The van der Waals surface area contributed by atoms with Gasteiger partial charge < -0.3 is 4.98 Å². The molecule has 0 aliphatic heterocycles. The minimum Gasteiger partial charge on any atom is -0.361 e. The van der Waals surface area contributed by atoms with E-state index in [4.69, 9.17) is 0 Å². The molecule has 3 rings (SSSR count). The number of fused-ring (bicyclic) bond motifs is 1. The van der Waals surface area contributed by atoms with Crippen LogP contribution in [0.3, 0.4) is 0 Å². The van der Waals surface area contributed by atoms with E-state index in [2.05, 4.69) is 25.6 Å². The number of rotatable bonds is 4. The molecule has 3 aromatic rings. The van der Waals surface area contributed by atoms with Crippen LogP contribution in [0.5, 0.6) is 0 Å². The molecule has 21 heavy (non-hydrogen) atoms. The Morgan fingerprint density at radius 1 is 1.10 bits per heavy atom. The van der Waals surface area contributed by atoms with Gasteiger partial charge in [-0.3, -0.25) is 0 Å². The van der Waals surface area contributed by atoms with E-state index in [0.717, 1.165) is 20.9 Å². The third-order valence-electron chi connectivity index (χ3n) is 3.23. The van der Waals surface area contributed by atoms with Crippen LogP contribution >= 0.6 is 15.9 Å². The van der Waals surface area contributed by atoms with Gasteiger partial charge in [0.25, 0.3) is 0 Å². The zero-order valence-corrected chi connectivity index (χ0v) is 13.4. The second kappa shape index (κ2) is 5.63.